The molecule has 0 aliphatic heterocycles. The van der Waals surface area contributed by atoms with Gasteiger partial charge in [-0.25, -0.2) is 12.8 Å². The predicted molar refractivity (Wildman–Crippen MR) is 156 cm³/mol. The van der Waals surface area contributed by atoms with E-state index in [0.717, 1.165) is 27.1 Å². The van der Waals surface area contributed by atoms with Crippen LogP contribution in [0.25, 0.3) is 0 Å². The number of carbonyl (C=O) groups is 2. The van der Waals surface area contributed by atoms with Crippen LogP contribution in [0.2, 0.25) is 0 Å². The van der Waals surface area contributed by atoms with Crippen molar-refractivity contribution < 1.29 is 22.4 Å². The molecule has 3 rings (SSSR count). The number of nitrogens with zero attached hydrogens (tertiary/aromatic N) is 2. The van der Waals surface area contributed by atoms with Crippen LogP contribution in [-0.2, 0) is 26.2 Å². The average Bonchev–Trinajstić information content (AvgIpc) is 2.93. The molecule has 214 valence electrons. The molecule has 0 radical (unpaired) electrons. The first-order valence-electron chi connectivity index (χ1n) is 13.5. The summed E-state index contributed by atoms with van der Waals surface area (Å²) < 4.78 is 43.5. The zero-order valence-corrected chi connectivity index (χ0v) is 24.5. The van der Waals surface area contributed by atoms with Crippen LogP contribution >= 0.6 is 0 Å². The van der Waals surface area contributed by atoms with Gasteiger partial charge in [0.25, 0.3) is 10.0 Å². The molecular weight excluding hydrogens is 529 g/mol. The van der Waals surface area contributed by atoms with Crippen molar-refractivity contribution >= 4 is 27.5 Å². The summed E-state index contributed by atoms with van der Waals surface area (Å²) >= 11 is 0. The van der Waals surface area contributed by atoms with Crippen molar-refractivity contribution in [2.75, 3.05) is 10.8 Å². The van der Waals surface area contributed by atoms with Gasteiger partial charge in [-0.3, -0.25) is 13.9 Å². The summed E-state index contributed by atoms with van der Waals surface area (Å²) in [5.41, 5.74) is 2.36. The van der Waals surface area contributed by atoms with Gasteiger partial charge in [0, 0.05) is 12.6 Å². The molecule has 0 heterocycles. The highest BCUT2D eigenvalue weighted by atomic mass is 32.2. The van der Waals surface area contributed by atoms with Crippen LogP contribution in [0.3, 0.4) is 0 Å². The second kappa shape index (κ2) is 13.6. The number of para-hydroxylation sites is 1. The Labute approximate surface area is 237 Å². The zero-order valence-electron chi connectivity index (χ0n) is 23.7. The average molecular weight is 568 g/mol. The van der Waals surface area contributed by atoms with E-state index in [1.807, 2.05) is 52.0 Å². The van der Waals surface area contributed by atoms with Crippen LogP contribution in [0.5, 0.6) is 0 Å². The topological polar surface area (TPSA) is 86.8 Å². The van der Waals surface area contributed by atoms with Gasteiger partial charge in [0.2, 0.25) is 11.8 Å². The minimum Gasteiger partial charge on any atom is -0.352 e. The summed E-state index contributed by atoms with van der Waals surface area (Å²) in [6, 6.07) is 18.1. The molecule has 2 amide bonds. The van der Waals surface area contributed by atoms with Crippen molar-refractivity contribution in [3.05, 3.63) is 95.3 Å². The Morgan fingerprint density at radius 3 is 2.12 bits per heavy atom. The molecular formula is C31H38FN3O4S. The third kappa shape index (κ3) is 7.27. The van der Waals surface area contributed by atoms with E-state index in [9.17, 15) is 18.0 Å². The Morgan fingerprint density at radius 2 is 1.52 bits per heavy atom. The first kappa shape index (κ1) is 30.8. The predicted octanol–water partition coefficient (Wildman–Crippen LogP) is 5.36. The number of hydrogen-bond acceptors (Lipinski definition) is 4. The molecule has 9 heteroatoms. The molecule has 0 fully saturated rings. The number of halogens is 1. The van der Waals surface area contributed by atoms with Crippen molar-refractivity contribution in [3.8, 4) is 0 Å². The van der Waals surface area contributed by atoms with Crippen LogP contribution in [0.15, 0.2) is 77.7 Å². The molecule has 3 aromatic carbocycles. The van der Waals surface area contributed by atoms with E-state index < -0.39 is 34.3 Å². The highest BCUT2D eigenvalue weighted by Crippen LogP contribution is 2.27. The summed E-state index contributed by atoms with van der Waals surface area (Å²) in [4.78, 5) is 28.7. The van der Waals surface area contributed by atoms with Crippen molar-refractivity contribution in [3.63, 3.8) is 0 Å². The Hall–Kier alpha value is -3.72. The van der Waals surface area contributed by atoms with Crippen LogP contribution in [0.1, 0.15) is 50.3 Å². The molecule has 0 unspecified atom stereocenters. The largest absolute Gasteiger partial charge is 0.352 e. The fraction of sp³-hybridized carbons (Fsp3) is 0.355. The lowest BCUT2D eigenvalue weighted by Crippen LogP contribution is -2.53. The van der Waals surface area contributed by atoms with E-state index in [1.165, 1.54) is 35.2 Å². The Bertz CT molecular complexity index is 1430. The highest BCUT2D eigenvalue weighted by molar-refractivity contribution is 7.92. The fourth-order valence-corrected chi connectivity index (χ4v) is 5.76. The molecule has 2 atom stereocenters. The quantitative estimate of drug-likeness (QED) is 0.319. The molecule has 1 N–H and O–H groups in total. The summed E-state index contributed by atoms with van der Waals surface area (Å²) in [6.45, 7) is 8.77. The molecule has 0 aliphatic carbocycles. The van der Waals surface area contributed by atoms with Crippen LogP contribution < -0.4 is 9.62 Å². The molecule has 3 aromatic rings. The van der Waals surface area contributed by atoms with Crippen molar-refractivity contribution in [2.24, 2.45) is 0 Å². The summed E-state index contributed by atoms with van der Waals surface area (Å²) in [6.07, 6.45) is 1.02. The van der Waals surface area contributed by atoms with Gasteiger partial charge < -0.3 is 10.2 Å². The maximum Gasteiger partial charge on any atom is 0.264 e. The van der Waals surface area contributed by atoms with Gasteiger partial charge in [-0.15, -0.1) is 0 Å². The summed E-state index contributed by atoms with van der Waals surface area (Å²) in [5.74, 6) is -1.72. The molecule has 0 bridgehead atoms. The molecule has 0 saturated carbocycles. The number of hydrogen-bond donors (Lipinski definition) is 1. The monoisotopic (exact) mass is 567 g/mol. The van der Waals surface area contributed by atoms with Gasteiger partial charge >= 0.3 is 0 Å². The van der Waals surface area contributed by atoms with Gasteiger partial charge in [0.15, 0.2) is 0 Å². The minimum atomic E-state index is -4.33. The molecule has 0 spiro atoms. The summed E-state index contributed by atoms with van der Waals surface area (Å²) in [5, 5.41) is 2.95. The lowest BCUT2D eigenvalue weighted by molar-refractivity contribution is -0.140. The van der Waals surface area contributed by atoms with Crippen molar-refractivity contribution in [2.45, 2.75) is 71.0 Å². The maximum atomic E-state index is 15.0. The summed E-state index contributed by atoms with van der Waals surface area (Å²) in [7, 11) is -4.33. The van der Waals surface area contributed by atoms with Crippen LogP contribution in [0.4, 0.5) is 10.1 Å². The number of amides is 2. The lowest BCUT2D eigenvalue weighted by atomic mass is 10.1. The van der Waals surface area contributed by atoms with E-state index in [1.54, 1.807) is 19.1 Å². The van der Waals surface area contributed by atoms with Crippen LogP contribution in [-0.4, -0.2) is 43.8 Å². The fourth-order valence-electron chi connectivity index (χ4n) is 4.34. The number of nitrogens with one attached hydrogen (secondary N) is 1. The lowest BCUT2D eigenvalue weighted by Gasteiger charge is -2.34. The number of rotatable bonds is 12. The van der Waals surface area contributed by atoms with Gasteiger partial charge in [-0.05, 0) is 69.0 Å². The molecule has 0 saturated heterocycles. The number of aryl methyl sites for hydroxylation is 2. The maximum absolute atomic E-state index is 15.0. The Balaban J connectivity index is 2.08. The zero-order chi connectivity index (χ0) is 29.4. The SMILES string of the molecule is CC[C@H](C(=O)N[C@@H](C)CC)N(Cc1ccccc1C)C(=O)CN(c1ccccc1F)S(=O)(=O)c1ccc(C)cc1. The van der Waals surface area contributed by atoms with Gasteiger partial charge in [-0.1, -0.05) is 67.9 Å². The molecule has 7 nitrogen and oxygen atoms in total. The normalized spacial score (nSPS) is 12.8. The van der Waals surface area contributed by atoms with E-state index in [4.69, 9.17) is 0 Å². The van der Waals surface area contributed by atoms with E-state index in [0.29, 0.717) is 12.8 Å². The smallest absolute Gasteiger partial charge is 0.264 e. The number of benzene rings is 3. The van der Waals surface area contributed by atoms with Crippen molar-refractivity contribution in [1.82, 2.24) is 10.2 Å². The highest BCUT2D eigenvalue weighted by Gasteiger charge is 2.35. The number of anilines is 1. The number of carbonyl (C=O) groups excluding carboxylic acids is 2. The van der Waals surface area contributed by atoms with E-state index in [2.05, 4.69) is 5.32 Å². The molecule has 0 aliphatic rings. The second-order valence-electron chi connectivity index (χ2n) is 9.97. The molecule has 40 heavy (non-hydrogen) atoms. The standard InChI is InChI=1S/C31H38FN3O4S/c1-6-24(5)33-31(37)28(7-2)34(20-25-13-9-8-12-23(25)4)30(36)21-35(29-15-11-10-14-27(29)32)40(38,39)26-18-16-22(3)17-19-26/h8-19,24,28H,6-7,20-21H2,1-5H3,(H,33,37)/t24-,28+/m0/s1. The Morgan fingerprint density at radius 1 is 0.900 bits per heavy atom. The van der Waals surface area contributed by atoms with E-state index in [-0.39, 0.29) is 29.1 Å². The number of sulfonamides is 1. The van der Waals surface area contributed by atoms with Gasteiger partial charge in [0.1, 0.15) is 18.4 Å². The van der Waals surface area contributed by atoms with Crippen molar-refractivity contribution in [1.29, 1.82) is 0 Å². The molecule has 0 aromatic heterocycles. The third-order valence-electron chi connectivity index (χ3n) is 7.00. The first-order chi connectivity index (χ1) is 19.0. The minimum absolute atomic E-state index is 0.0684. The van der Waals surface area contributed by atoms with Gasteiger partial charge in [-0.2, -0.15) is 0 Å². The Kier molecular flexibility index (Phi) is 10.5. The van der Waals surface area contributed by atoms with E-state index >= 15 is 4.39 Å². The first-order valence-corrected chi connectivity index (χ1v) is 14.9. The third-order valence-corrected chi connectivity index (χ3v) is 8.77. The van der Waals surface area contributed by atoms with Gasteiger partial charge in [0.05, 0.1) is 10.6 Å². The second-order valence-corrected chi connectivity index (χ2v) is 11.8. The van der Waals surface area contributed by atoms with Crippen LogP contribution in [0, 0.1) is 19.7 Å².